The third-order valence-electron chi connectivity index (χ3n) is 9.50. The van der Waals surface area contributed by atoms with E-state index in [2.05, 4.69) is 59.2 Å². The fraction of sp³-hybridized carbons (Fsp3) is 0.214. The Morgan fingerprint density at radius 3 is 1.89 bits per heavy atom. The van der Waals surface area contributed by atoms with Crippen molar-refractivity contribution in [2.75, 3.05) is 48.3 Å². The van der Waals surface area contributed by atoms with Crippen LogP contribution in [0, 0.1) is 47.2 Å². The van der Waals surface area contributed by atoms with Crippen LogP contribution in [0.5, 0.6) is 0 Å². The second-order valence-corrected chi connectivity index (χ2v) is 14.1. The highest BCUT2D eigenvalue weighted by molar-refractivity contribution is 6.31. The third-order valence-corrected chi connectivity index (χ3v) is 10.1. The van der Waals surface area contributed by atoms with Crippen LogP contribution in [-0.4, -0.2) is 57.0 Å². The fourth-order valence-corrected chi connectivity index (χ4v) is 6.98. The number of esters is 1. The van der Waals surface area contributed by atoms with Crippen LogP contribution in [0.3, 0.4) is 0 Å². The van der Waals surface area contributed by atoms with Gasteiger partial charge in [0.15, 0.2) is 0 Å². The van der Waals surface area contributed by atoms with Crippen LogP contribution in [0.1, 0.15) is 30.9 Å². The Bertz CT molecular complexity index is 2640. The van der Waals surface area contributed by atoms with E-state index in [1.165, 1.54) is 36.9 Å². The summed E-state index contributed by atoms with van der Waals surface area (Å²) in [6.07, 6.45) is 3.86. The van der Waals surface area contributed by atoms with E-state index < -0.39 is 11.6 Å². The molecule has 0 spiro atoms. The van der Waals surface area contributed by atoms with Crippen molar-refractivity contribution in [3.05, 3.63) is 106 Å². The number of nitrogen functional groups attached to an aromatic ring is 2. The van der Waals surface area contributed by atoms with Crippen LogP contribution in [0.25, 0.3) is 21.8 Å². The molecule has 2 atom stereocenters. The van der Waals surface area contributed by atoms with Crippen LogP contribution in [0.15, 0.2) is 73.3 Å². The van der Waals surface area contributed by atoms with Crippen molar-refractivity contribution in [1.29, 1.82) is 0 Å². The summed E-state index contributed by atoms with van der Waals surface area (Å²) in [5.74, 6) is 12.1. The van der Waals surface area contributed by atoms with Gasteiger partial charge in [-0.15, -0.1) is 0 Å². The van der Waals surface area contributed by atoms with Gasteiger partial charge in [0.1, 0.15) is 35.9 Å². The zero-order valence-electron chi connectivity index (χ0n) is 30.5. The molecule has 2 unspecified atom stereocenters. The van der Waals surface area contributed by atoms with E-state index in [1.54, 1.807) is 43.3 Å². The van der Waals surface area contributed by atoms with Crippen LogP contribution < -0.4 is 22.1 Å². The molecule has 2 aromatic heterocycles. The maximum absolute atomic E-state index is 13.7. The minimum atomic E-state index is -0.522. The molecule has 11 nitrogen and oxygen atoms in total. The molecule has 4 aromatic carbocycles. The van der Waals surface area contributed by atoms with E-state index in [-0.39, 0.29) is 27.9 Å². The monoisotopic (exact) mass is 805 g/mol. The first-order valence-electron chi connectivity index (χ1n) is 18.0. The SMILES string of the molecule is CCOC(=O)C1CCN(CC#Cc2cc3ncnc(Nc4ccc(F)c(Cl)c4)c3cc2N)CC1CC#Cc1cc2ncnc(Nc3ccc(F)c(Cl)c3)c2cc1N. The molecule has 6 aromatic rings. The highest BCUT2D eigenvalue weighted by atomic mass is 35.5. The Morgan fingerprint density at radius 2 is 1.37 bits per heavy atom. The van der Waals surface area contributed by atoms with Gasteiger partial charge < -0.3 is 26.8 Å². The van der Waals surface area contributed by atoms with Crippen LogP contribution in [0.4, 0.5) is 43.2 Å². The number of nitrogens with one attached hydrogen (secondary N) is 2. The lowest BCUT2D eigenvalue weighted by Gasteiger charge is -2.35. The second-order valence-electron chi connectivity index (χ2n) is 13.3. The van der Waals surface area contributed by atoms with Crippen LogP contribution in [-0.2, 0) is 9.53 Å². The van der Waals surface area contributed by atoms with Gasteiger partial charge in [-0.1, -0.05) is 46.9 Å². The normalized spacial score (nSPS) is 15.3. The summed E-state index contributed by atoms with van der Waals surface area (Å²) < 4.78 is 32.8. The predicted molar refractivity (Wildman–Crippen MR) is 220 cm³/mol. The molecule has 57 heavy (non-hydrogen) atoms. The highest BCUT2D eigenvalue weighted by Crippen LogP contribution is 2.31. The summed E-state index contributed by atoms with van der Waals surface area (Å²) in [6.45, 7) is 3.76. The number of fused-ring (bicyclic) bond motifs is 2. The summed E-state index contributed by atoms with van der Waals surface area (Å²) in [7, 11) is 0. The lowest BCUT2D eigenvalue weighted by molar-refractivity contribution is -0.152. The molecule has 1 saturated heterocycles. The Hall–Kier alpha value is -6.25. The standard InChI is InChI=1S/C42H35Cl2F2N9O2/c1-2-57-42(56)29-12-14-55(13-4-7-25-16-39-31(20-37(25)48)41(52-23-50-39)54-28-9-11-35(46)33(44)18-28)21-26(29)6-3-5-24-15-38-30(19-36(24)47)40(51-22-49-38)53-27-8-10-34(45)32(43)17-27/h8-11,15-20,22-23,26,29H,2,6,12-14,21,47-48H2,1H3,(H,49,51,53)(H,50,52,54). The van der Waals surface area contributed by atoms with E-state index in [0.717, 1.165) is 0 Å². The zero-order chi connectivity index (χ0) is 40.1. The molecule has 0 bridgehead atoms. The average Bonchev–Trinajstić information content (AvgIpc) is 3.19. The van der Waals surface area contributed by atoms with Crippen LogP contribution in [0.2, 0.25) is 10.0 Å². The van der Waals surface area contributed by atoms with Gasteiger partial charge in [0.2, 0.25) is 0 Å². The molecule has 1 aliphatic heterocycles. The molecule has 0 saturated carbocycles. The number of likely N-dealkylation sites (tertiary alicyclic amines) is 1. The van der Waals surface area contributed by atoms with Gasteiger partial charge in [-0.05, 0) is 86.5 Å². The lowest BCUT2D eigenvalue weighted by atomic mass is 9.83. The van der Waals surface area contributed by atoms with Crippen molar-refractivity contribution >= 4 is 85.4 Å². The van der Waals surface area contributed by atoms with Gasteiger partial charge >= 0.3 is 5.97 Å². The van der Waals surface area contributed by atoms with Crippen LogP contribution >= 0.6 is 23.2 Å². The van der Waals surface area contributed by atoms with E-state index in [1.807, 2.05) is 0 Å². The number of rotatable bonds is 8. The number of aromatic nitrogens is 4. The number of hydrogen-bond acceptors (Lipinski definition) is 11. The predicted octanol–water partition coefficient (Wildman–Crippen LogP) is 8.10. The maximum Gasteiger partial charge on any atom is 0.309 e. The smallest absolute Gasteiger partial charge is 0.309 e. The Labute approximate surface area is 337 Å². The van der Waals surface area contributed by atoms with Crippen molar-refractivity contribution in [3.8, 4) is 23.7 Å². The first-order valence-corrected chi connectivity index (χ1v) is 18.7. The van der Waals surface area contributed by atoms with E-state index in [9.17, 15) is 13.6 Å². The molecule has 0 radical (unpaired) electrons. The molecule has 3 heterocycles. The molecule has 15 heteroatoms. The van der Waals surface area contributed by atoms with Crippen molar-refractivity contribution in [3.63, 3.8) is 0 Å². The number of nitrogens with zero attached hydrogens (tertiary/aromatic N) is 5. The maximum atomic E-state index is 13.7. The molecule has 6 N–H and O–H groups in total. The van der Waals surface area contributed by atoms with Gasteiger partial charge in [-0.3, -0.25) is 9.69 Å². The number of hydrogen-bond donors (Lipinski definition) is 4. The number of nitrogens with two attached hydrogens (primary N) is 2. The lowest BCUT2D eigenvalue weighted by Crippen LogP contribution is -2.43. The van der Waals surface area contributed by atoms with Gasteiger partial charge in [0, 0.05) is 57.6 Å². The Balaban J connectivity index is 1.05. The van der Waals surface area contributed by atoms with E-state index in [0.29, 0.717) is 106 Å². The minimum absolute atomic E-state index is 0.0112. The summed E-state index contributed by atoms with van der Waals surface area (Å²) >= 11 is 11.9. The van der Waals surface area contributed by atoms with Crippen molar-refractivity contribution in [2.45, 2.75) is 19.8 Å². The van der Waals surface area contributed by atoms with Crippen molar-refractivity contribution in [2.24, 2.45) is 11.8 Å². The first kappa shape index (κ1) is 39.0. The van der Waals surface area contributed by atoms with E-state index >= 15 is 0 Å². The fourth-order valence-electron chi connectivity index (χ4n) is 6.62. The van der Waals surface area contributed by atoms with Gasteiger partial charge in [0.25, 0.3) is 0 Å². The average molecular weight is 807 g/mol. The van der Waals surface area contributed by atoms with Gasteiger partial charge in [-0.2, -0.15) is 0 Å². The summed E-state index contributed by atoms with van der Waals surface area (Å²) in [4.78, 5) is 32.7. The first-order chi connectivity index (χ1) is 27.6. The summed E-state index contributed by atoms with van der Waals surface area (Å²) in [5, 5.41) is 7.59. The number of ether oxygens (including phenoxy) is 1. The molecular weight excluding hydrogens is 771 g/mol. The quantitative estimate of drug-likeness (QED) is 0.0670. The summed E-state index contributed by atoms with van der Waals surface area (Å²) in [5.41, 5.74) is 17.3. The number of carbonyl (C=O) groups is 1. The Kier molecular flexibility index (Phi) is 11.8. The number of anilines is 6. The van der Waals surface area contributed by atoms with Crippen molar-refractivity contribution in [1.82, 2.24) is 24.8 Å². The van der Waals surface area contributed by atoms with Gasteiger partial charge in [0.05, 0.1) is 40.1 Å². The van der Waals surface area contributed by atoms with E-state index in [4.69, 9.17) is 39.4 Å². The molecule has 0 aliphatic carbocycles. The van der Waals surface area contributed by atoms with Crippen molar-refractivity contribution < 1.29 is 18.3 Å². The minimum Gasteiger partial charge on any atom is -0.466 e. The number of benzene rings is 4. The molecular formula is C42H35Cl2F2N9O2. The topological polar surface area (TPSA) is 157 Å². The summed E-state index contributed by atoms with van der Waals surface area (Å²) in [6, 6.07) is 15.7. The largest absolute Gasteiger partial charge is 0.466 e. The molecule has 1 aliphatic rings. The molecule has 1 fully saturated rings. The third kappa shape index (κ3) is 9.08. The Morgan fingerprint density at radius 1 is 0.825 bits per heavy atom. The van der Waals surface area contributed by atoms with Gasteiger partial charge in [-0.25, -0.2) is 28.7 Å². The highest BCUT2D eigenvalue weighted by Gasteiger charge is 2.34. The number of piperidine rings is 1. The number of halogens is 4. The second kappa shape index (κ2) is 17.3. The molecule has 288 valence electrons. The number of carbonyl (C=O) groups excluding carboxylic acids is 1. The molecule has 0 amide bonds. The molecule has 7 rings (SSSR count). The zero-order valence-corrected chi connectivity index (χ0v) is 32.1.